The van der Waals surface area contributed by atoms with Crippen LogP contribution in [0.2, 0.25) is 0 Å². The van der Waals surface area contributed by atoms with Crippen LogP contribution in [-0.2, 0) is 29.7 Å². The topological polar surface area (TPSA) is 110 Å². The van der Waals surface area contributed by atoms with Crippen LogP contribution < -0.4 is 0 Å². The van der Waals surface area contributed by atoms with Gasteiger partial charge in [-0.05, 0) is 0 Å². The van der Waals surface area contributed by atoms with Gasteiger partial charge in [-0.1, -0.05) is 4.33 Å². The maximum absolute atomic E-state index is 9.76. The largest absolute Gasteiger partial charge is 0.441 e. The average molecular weight is 178 g/mol. The molecule has 0 radical (unpaired) electrons. The number of hydrogen-bond donors (Lipinski definition) is 2. The molecule has 0 aromatic carbocycles. The van der Waals surface area contributed by atoms with Crippen LogP contribution in [0.25, 0.3) is 0 Å². The Kier molecular flexibility index (Phi) is 3.17. The Morgan fingerprint density at radius 3 is 2.00 bits per heavy atom. The van der Waals surface area contributed by atoms with Crippen molar-refractivity contribution >= 4 is 21.8 Å². The fourth-order valence-electron chi connectivity index (χ4n) is 0.0837. The van der Waals surface area contributed by atoms with Crippen molar-refractivity contribution in [3.8, 4) is 0 Å². The Bertz CT molecular complexity index is 185. The normalized spacial score (nSPS) is 15.3. The van der Waals surface area contributed by atoms with E-state index in [4.69, 9.17) is 9.81 Å². The summed E-state index contributed by atoms with van der Waals surface area (Å²) in [5.41, 5.74) is 0. The first-order valence-electron chi connectivity index (χ1n) is 1.37. The van der Waals surface area contributed by atoms with Gasteiger partial charge in [0.15, 0.2) is 0 Å². The van der Waals surface area contributed by atoms with Crippen LogP contribution in [0.15, 0.2) is 0 Å². The molecule has 0 aliphatic rings. The molecule has 0 saturated heterocycles. The van der Waals surface area contributed by atoms with E-state index in [0.29, 0.717) is 0 Å². The van der Waals surface area contributed by atoms with Gasteiger partial charge in [0.05, 0.1) is 0 Å². The van der Waals surface area contributed by atoms with Crippen molar-refractivity contribution in [2.45, 2.75) is 0 Å². The second kappa shape index (κ2) is 3.20. The first-order valence-corrected chi connectivity index (χ1v) is 3.73. The number of rotatable bonds is 3. The molecule has 0 aliphatic carbocycles. The van der Waals surface area contributed by atoms with Crippen LogP contribution in [0.4, 0.5) is 0 Å². The Morgan fingerprint density at radius 1 is 1.44 bits per heavy atom. The summed E-state index contributed by atoms with van der Waals surface area (Å²) >= 11 is -3.01. The fraction of sp³-hybridized carbons (Fsp3) is 0. The molecule has 9 heavy (non-hydrogen) atoms. The molecular formula is H2O7S2. The van der Waals surface area contributed by atoms with Crippen molar-refractivity contribution in [3.63, 3.8) is 0 Å². The van der Waals surface area contributed by atoms with Crippen molar-refractivity contribution in [2.24, 2.45) is 0 Å². The van der Waals surface area contributed by atoms with Gasteiger partial charge in [-0.25, -0.2) is 5.26 Å². The van der Waals surface area contributed by atoms with Crippen molar-refractivity contribution in [1.82, 2.24) is 0 Å². The zero-order valence-electron chi connectivity index (χ0n) is 3.75. The molecule has 0 saturated carbocycles. The average Bonchev–Trinajstić information content (AvgIpc) is 1.63. The molecule has 0 amide bonds. The third-order valence-corrected chi connectivity index (χ3v) is 1.55. The van der Waals surface area contributed by atoms with Gasteiger partial charge in [-0.2, -0.15) is 12.6 Å². The predicted molar refractivity (Wildman–Crippen MR) is 24.5 cm³/mol. The Balaban J connectivity index is 4.06. The Morgan fingerprint density at radius 2 is 1.89 bits per heavy atom. The van der Waals surface area contributed by atoms with Crippen LogP contribution in [0.3, 0.4) is 0 Å². The summed E-state index contributed by atoms with van der Waals surface area (Å²) in [7, 11) is -4.71. The van der Waals surface area contributed by atoms with Crippen molar-refractivity contribution in [2.75, 3.05) is 0 Å². The maximum atomic E-state index is 9.76. The Labute approximate surface area is 53.0 Å². The lowest BCUT2D eigenvalue weighted by Gasteiger charge is -1.91. The molecule has 1 atom stereocenters. The molecule has 0 aromatic rings. The summed E-state index contributed by atoms with van der Waals surface area (Å²) in [5.74, 6) is 0. The van der Waals surface area contributed by atoms with E-state index in [-0.39, 0.29) is 0 Å². The highest BCUT2D eigenvalue weighted by Crippen LogP contribution is 1.93. The molecule has 1 unspecified atom stereocenters. The zero-order chi connectivity index (χ0) is 7.49. The summed E-state index contributed by atoms with van der Waals surface area (Å²) in [6, 6.07) is 0. The highest BCUT2D eigenvalue weighted by atomic mass is 32.3. The van der Waals surface area contributed by atoms with Crippen LogP contribution in [0.5, 0.6) is 0 Å². The van der Waals surface area contributed by atoms with Gasteiger partial charge in [0.2, 0.25) is 0 Å². The lowest BCUT2D eigenvalue weighted by Crippen LogP contribution is -2.08. The summed E-state index contributed by atoms with van der Waals surface area (Å²) in [6.07, 6.45) is 0. The molecule has 0 aromatic heterocycles. The van der Waals surface area contributed by atoms with E-state index >= 15 is 0 Å². The monoisotopic (exact) mass is 178 g/mol. The molecule has 2 N–H and O–H groups in total. The molecule has 0 fully saturated rings. The van der Waals surface area contributed by atoms with Crippen molar-refractivity contribution < 1.29 is 30.4 Å². The van der Waals surface area contributed by atoms with E-state index < -0.39 is 21.8 Å². The molecule has 0 heterocycles. The fourth-order valence-corrected chi connectivity index (χ4v) is 0.753. The molecule has 0 bridgehead atoms. The second-order valence-corrected chi connectivity index (χ2v) is 2.71. The predicted octanol–water partition coefficient (Wildman–Crippen LogP) is -1.13. The third kappa shape index (κ3) is 4.44. The Hall–Kier alpha value is -0.0600. The minimum Gasteiger partial charge on any atom is -0.283 e. The van der Waals surface area contributed by atoms with E-state index in [0.717, 1.165) is 0 Å². The smallest absolute Gasteiger partial charge is 0.283 e. The van der Waals surface area contributed by atoms with Gasteiger partial charge < -0.3 is 0 Å². The van der Waals surface area contributed by atoms with Crippen LogP contribution in [0.1, 0.15) is 0 Å². The minimum atomic E-state index is -4.71. The first kappa shape index (κ1) is 8.94. The summed E-state index contributed by atoms with van der Waals surface area (Å²) in [6.45, 7) is 0. The lowest BCUT2D eigenvalue weighted by molar-refractivity contribution is -0.138. The van der Waals surface area contributed by atoms with Crippen LogP contribution in [0, 0.1) is 0 Å². The van der Waals surface area contributed by atoms with Crippen LogP contribution >= 0.6 is 0 Å². The molecule has 0 spiro atoms. The van der Waals surface area contributed by atoms with E-state index in [1.54, 1.807) is 0 Å². The molecule has 9 heteroatoms. The highest BCUT2D eigenvalue weighted by Gasteiger charge is 2.14. The maximum Gasteiger partial charge on any atom is 0.441 e. The van der Waals surface area contributed by atoms with E-state index in [9.17, 15) is 12.6 Å². The minimum absolute atomic E-state index is 2.65. The number of hydrogen-bond acceptors (Lipinski definition) is 6. The van der Waals surface area contributed by atoms with E-state index in [1.165, 1.54) is 0 Å². The van der Waals surface area contributed by atoms with E-state index in [2.05, 4.69) is 7.96 Å². The summed E-state index contributed by atoms with van der Waals surface area (Å²) < 4.78 is 42.5. The van der Waals surface area contributed by atoms with Gasteiger partial charge in [0, 0.05) is 0 Å². The highest BCUT2D eigenvalue weighted by molar-refractivity contribution is 7.92. The van der Waals surface area contributed by atoms with Crippen molar-refractivity contribution in [1.29, 1.82) is 0 Å². The third-order valence-electron chi connectivity index (χ3n) is 0.233. The van der Waals surface area contributed by atoms with Gasteiger partial charge >= 0.3 is 21.8 Å². The SMILES string of the molecule is O=S(O)OS(=O)(=O)OO. The summed E-state index contributed by atoms with van der Waals surface area (Å²) in [5, 5.41) is 7.38. The quantitative estimate of drug-likeness (QED) is 0.319. The zero-order valence-corrected chi connectivity index (χ0v) is 5.39. The van der Waals surface area contributed by atoms with Gasteiger partial charge in [-0.15, -0.1) is 3.63 Å². The standard InChI is InChI=1S/H2O7S2/c1-6-9(4,5)7-8(2)3/h1H,(H,2,3). The van der Waals surface area contributed by atoms with Gasteiger partial charge in [0.25, 0.3) is 0 Å². The lowest BCUT2D eigenvalue weighted by atomic mass is 15.0. The molecule has 7 nitrogen and oxygen atoms in total. The van der Waals surface area contributed by atoms with Gasteiger partial charge in [-0.3, -0.25) is 4.55 Å². The van der Waals surface area contributed by atoms with E-state index in [1.807, 2.05) is 0 Å². The van der Waals surface area contributed by atoms with Crippen molar-refractivity contribution in [3.05, 3.63) is 0 Å². The first-order chi connectivity index (χ1) is 3.98. The molecule has 56 valence electrons. The molecule has 0 aliphatic heterocycles. The summed E-state index contributed by atoms with van der Waals surface area (Å²) in [4.78, 5) is 0. The molecular weight excluding hydrogens is 176 g/mol. The van der Waals surface area contributed by atoms with Gasteiger partial charge in [0.1, 0.15) is 0 Å². The second-order valence-electron chi connectivity index (χ2n) is 0.768. The molecule has 0 rings (SSSR count). The van der Waals surface area contributed by atoms with Crippen LogP contribution in [-0.4, -0.2) is 22.4 Å².